The molecular formula is C20H26N2O4S. The molecule has 0 spiro atoms. The summed E-state index contributed by atoms with van der Waals surface area (Å²) in [5.74, 6) is 0.674. The molecular weight excluding hydrogens is 364 g/mol. The standard InChI is InChI=1S/C20H26N2O4S/c1-16(2)17-9-11-18(12-10-17)22(27(3,24)25)14-13-21-20(23)15-26-19-7-5-4-6-8-19/h4-12,16H,13-15H2,1-3H3,(H,21,23). The number of sulfonamides is 1. The minimum atomic E-state index is -3.45. The first kappa shape index (κ1) is 20.8. The molecule has 0 saturated carbocycles. The zero-order valence-corrected chi connectivity index (χ0v) is 16.7. The summed E-state index contributed by atoms with van der Waals surface area (Å²) < 4.78 is 30.9. The van der Waals surface area contributed by atoms with Gasteiger partial charge in [0, 0.05) is 6.54 Å². The van der Waals surface area contributed by atoms with Gasteiger partial charge in [0.15, 0.2) is 6.61 Å². The van der Waals surface area contributed by atoms with Crippen LogP contribution >= 0.6 is 0 Å². The zero-order chi connectivity index (χ0) is 19.9. The molecule has 27 heavy (non-hydrogen) atoms. The maximum Gasteiger partial charge on any atom is 0.258 e. The predicted molar refractivity (Wildman–Crippen MR) is 108 cm³/mol. The lowest BCUT2D eigenvalue weighted by atomic mass is 10.0. The fourth-order valence-electron chi connectivity index (χ4n) is 2.53. The minimum Gasteiger partial charge on any atom is -0.484 e. The van der Waals surface area contributed by atoms with Crippen molar-refractivity contribution < 1.29 is 17.9 Å². The Bertz CT molecular complexity index is 834. The highest BCUT2D eigenvalue weighted by molar-refractivity contribution is 7.92. The second kappa shape index (κ2) is 9.41. The van der Waals surface area contributed by atoms with E-state index in [2.05, 4.69) is 19.2 Å². The van der Waals surface area contributed by atoms with Crippen molar-refractivity contribution in [2.45, 2.75) is 19.8 Å². The van der Waals surface area contributed by atoms with Crippen LogP contribution in [0.2, 0.25) is 0 Å². The van der Waals surface area contributed by atoms with Gasteiger partial charge in [0.25, 0.3) is 5.91 Å². The van der Waals surface area contributed by atoms with E-state index in [9.17, 15) is 13.2 Å². The molecule has 2 rings (SSSR count). The lowest BCUT2D eigenvalue weighted by molar-refractivity contribution is -0.123. The zero-order valence-electron chi connectivity index (χ0n) is 15.9. The van der Waals surface area contributed by atoms with E-state index >= 15 is 0 Å². The number of rotatable bonds is 9. The Morgan fingerprint density at radius 2 is 1.70 bits per heavy atom. The Labute approximate surface area is 161 Å². The van der Waals surface area contributed by atoms with Gasteiger partial charge in [0.2, 0.25) is 10.0 Å². The first-order chi connectivity index (χ1) is 12.8. The smallest absolute Gasteiger partial charge is 0.258 e. The number of ether oxygens (including phenoxy) is 1. The molecule has 2 aromatic rings. The van der Waals surface area contributed by atoms with E-state index in [0.717, 1.165) is 11.8 Å². The molecule has 0 heterocycles. The fourth-order valence-corrected chi connectivity index (χ4v) is 3.45. The van der Waals surface area contributed by atoms with E-state index in [1.54, 1.807) is 24.3 Å². The molecule has 0 unspecified atom stereocenters. The van der Waals surface area contributed by atoms with Gasteiger partial charge in [0.1, 0.15) is 5.75 Å². The van der Waals surface area contributed by atoms with Gasteiger partial charge in [-0.25, -0.2) is 8.42 Å². The number of amides is 1. The maximum atomic E-state index is 12.1. The van der Waals surface area contributed by atoms with Crippen molar-refractivity contribution in [2.24, 2.45) is 0 Å². The van der Waals surface area contributed by atoms with E-state index in [-0.39, 0.29) is 25.6 Å². The van der Waals surface area contributed by atoms with Crippen LogP contribution < -0.4 is 14.4 Å². The molecule has 0 aliphatic carbocycles. The Hall–Kier alpha value is -2.54. The summed E-state index contributed by atoms with van der Waals surface area (Å²) in [6, 6.07) is 16.4. The summed E-state index contributed by atoms with van der Waals surface area (Å²) in [6.07, 6.45) is 1.16. The number of carbonyl (C=O) groups is 1. The second-order valence-corrected chi connectivity index (χ2v) is 8.44. The predicted octanol–water partition coefficient (Wildman–Crippen LogP) is 2.77. The molecule has 1 N–H and O–H groups in total. The largest absolute Gasteiger partial charge is 0.484 e. The molecule has 6 nitrogen and oxygen atoms in total. The van der Waals surface area contributed by atoms with Gasteiger partial charge < -0.3 is 10.1 Å². The molecule has 7 heteroatoms. The monoisotopic (exact) mass is 390 g/mol. The van der Waals surface area contributed by atoms with Crippen molar-refractivity contribution >= 4 is 21.6 Å². The summed E-state index contributed by atoms with van der Waals surface area (Å²) in [4.78, 5) is 11.9. The quantitative estimate of drug-likeness (QED) is 0.714. The van der Waals surface area contributed by atoms with Crippen molar-refractivity contribution in [3.63, 3.8) is 0 Å². The summed E-state index contributed by atoms with van der Waals surface area (Å²) in [5, 5.41) is 2.68. The number of para-hydroxylation sites is 1. The van der Waals surface area contributed by atoms with Gasteiger partial charge in [-0.15, -0.1) is 0 Å². The van der Waals surface area contributed by atoms with E-state index in [1.165, 1.54) is 4.31 Å². The first-order valence-electron chi connectivity index (χ1n) is 8.79. The highest BCUT2D eigenvalue weighted by Crippen LogP contribution is 2.21. The van der Waals surface area contributed by atoms with Crippen LogP contribution in [-0.4, -0.2) is 40.3 Å². The molecule has 0 aliphatic heterocycles. The van der Waals surface area contributed by atoms with Crippen LogP contribution in [0.1, 0.15) is 25.3 Å². The third-order valence-corrected chi connectivity index (χ3v) is 5.19. The molecule has 2 aromatic carbocycles. The summed E-state index contributed by atoms with van der Waals surface area (Å²) in [6.45, 7) is 4.38. The molecule has 0 bridgehead atoms. The van der Waals surface area contributed by atoms with E-state index in [1.807, 2.05) is 30.3 Å². The highest BCUT2D eigenvalue weighted by atomic mass is 32.2. The van der Waals surface area contributed by atoms with E-state index < -0.39 is 10.0 Å². The Morgan fingerprint density at radius 3 is 2.26 bits per heavy atom. The Kier molecular flexibility index (Phi) is 7.24. The molecule has 0 saturated heterocycles. The normalized spacial score (nSPS) is 11.3. The SMILES string of the molecule is CC(C)c1ccc(N(CCNC(=O)COc2ccccc2)S(C)(=O)=O)cc1. The molecule has 0 fully saturated rings. The molecule has 0 aliphatic rings. The number of nitrogens with zero attached hydrogens (tertiary/aromatic N) is 1. The number of hydrogen-bond acceptors (Lipinski definition) is 4. The van der Waals surface area contributed by atoms with Gasteiger partial charge in [-0.05, 0) is 35.7 Å². The molecule has 0 radical (unpaired) electrons. The minimum absolute atomic E-state index is 0.119. The second-order valence-electron chi connectivity index (χ2n) is 6.53. The highest BCUT2D eigenvalue weighted by Gasteiger charge is 2.17. The number of nitrogens with one attached hydrogen (secondary N) is 1. The number of carbonyl (C=O) groups excluding carboxylic acids is 1. The lowest BCUT2D eigenvalue weighted by Gasteiger charge is -2.23. The van der Waals surface area contributed by atoms with Crippen LogP contribution in [0, 0.1) is 0 Å². The number of hydrogen-bond donors (Lipinski definition) is 1. The van der Waals surface area contributed by atoms with Crippen LogP contribution in [0.3, 0.4) is 0 Å². The average Bonchev–Trinajstić information content (AvgIpc) is 2.63. The third kappa shape index (κ3) is 6.60. The van der Waals surface area contributed by atoms with E-state index in [0.29, 0.717) is 17.4 Å². The maximum absolute atomic E-state index is 12.1. The van der Waals surface area contributed by atoms with E-state index in [4.69, 9.17) is 4.74 Å². The van der Waals surface area contributed by atoms with Crippen LogP contribution in [0.15, 0.2) is 54.6 Å². The molecule has 0 aromatic heterocycles. The van der Waals surface area contributed by atoms with Crippen LogP contribution in [0.4, 0.5) is 5.69 Å². The van der Waals surface area contributed by atoms with Gasteiger partial charge in [-0.3, -0.25) is 9.10 Å². The van der Waals surface area contributed by atoms with Crippen molar-refractivity contribution in [3.05, 3.63) is 60.2 Å². The van der Waals surface area contributed by atoms with Gasteiger partial charge in [-0.1, -0.05) is 44.2 Å². The molecule has 1 amide bonds. The van der Waals surface area contributed by atoms with Crippen molar-refractivity contribution in [1.29, 1.82) is 0 Å². The van der Waals surface area contributed by atoms with Gasteiger partial charge in [-0.2, -0.15) is 0 Å². The first-order valence-corrected chi connectivity index (χ1v) is 10.6. The third-order valence-electron chi connectivity index (χ3n) is 4.00. The van der Waals surface area contributed by atoms with Crippen LogP contribution in [0.25, 0.3) is 0 Å². The number of anilines is 1. The van der Waals surface area contributed by atoms with Crippen molar-refractivity contribution in [2.75, 3.05) is 30.3 Å². The Balaban J connectivity index is 1.90. The van der Waals surface area contributed by atoms with Crippen LogP contribution in [0.5, 0.6) is 5.75 Å². The molecule has 0 atom stereocenters. The van der Waals surface area contributed by atoms with Gasteiger partial charge in [0.05, 0.1) is 18.5 Å². The fraction of sp³-hybridized carbons (Fsp3) is 0.350. The van der Waals surface area contributed by atoms with Crippen molar-refractivity contribution in [1.82, 2.24) is 5.32 Å². The van der Waals surface area contributed by atoms with Gasteiger partial charge >= 0.3 is 0 Å². The summed E-state index contributed by atoms with van der Waals surface area (Å²) in [7, 11) is -3.45. The summed E-state index contributed by atoms with van der Waals surface area (Å²) >= 11 is 0. The van der Waals surface area contributed by atoms with Crippen molar-refractivity contribution in [3.8, 4) is 5.75 Å². The number of benzene rings is 2. The topological polar surface area (TPSA) is 75.7 Å². The summed E-state index contributed by atoms with van der Waals surface area (Å²) in [5.41, 5.74) is 1.72. The van der Waals surface area contributed by atoms with Crippen LogP contribution in [-0.2, 0) is 14.8 Å². The Morgan fingerprint density at radius 1 is 1.07 bits per heavy atom. The molecule has 146 valence electrons. The average molecular weight is 391 g/mol. The lowest BCUT2D eigenvalue weighted by Crippen LogP contribution is -2.39.